The molecule has 1 aromatic heterocycles. The molecule has 1 N–H and O–H groups in total. The third kappa shape index (κ3) is 3.00. The van der Waals surface area contributed by atoms with E-state index in [1.165, 1.54) is 25.7 Å². The Kier molecular flexibility index (Phi) is 4.57. The molecule has 0 spiro atoms. The largest absolute Gasteiger partial charge is 0.360 e. The van der Waals surface area contributed by atoms with Gasteiger partial charge in [0.05, 0.1) is 0 Å². The molecule has 0 atom stereocenters. The van der Waals surface area contributed by atoms with Crippen molar-refractivity contribution in [1.29, 1.82) is 0 Å². The third-order valence-electron chi connectivity index (χ3n) is 3.40. The number of carbonyl (C=O) groups is 1. The van der Waals surface area contributed by atoms with Gasteiger partial charge in [0.1, 0.15) is 0 Å². The summed E-state index contributed by atoms with van der Waals surface area (Å²) in [5, 5.41) is 1.05. The number of aromatic amines is 1. The van der Waals surface area contributed by atoms with Crippen molar-refractivity contribution in [1.82, 2.24) is 4.98 Å². The lowest BCUT2D eigenvalue weighted by molar-refractivity contribution is 0.0981. The summed E-state index contributed by atoms with van der Waals surface area (Å²) in [6.07, 6.45) is 8.47. The first-order chi connectivity index (χ1) is 8.83. The summed E-state index contributed by atoms with van der Waals surface area (Å²) >= 11 is 0. The number of Topliss-reactive ketones (excluding diaryl/α,β-unsaturated/α-hetero) is 1. The number of ketones is 1. The minimum Gasteiger partial charge on any atom is -0.360 e. The summed E-state index contributed by atoms with van der Waals surface area (Å²) in [5.41, 5.74) is 1.90. The monoisotopic (exact) mass is 243 g/mol. The van der Waals surface area contributed by atoms with E-state index >= 15 is 0 Å². The van der Waals surface area contributed by atoms with Gasteiger partial charge in [-0.3, -0.25) is 4.79 Å². The van der Waals surface area contributed by atoms with E-state index in [1.807, 2.05) is 30.5 Å². The number of rotatable bonds is 7. The quantitative estimate of drug-likeness (QED) is 0.554. The lowest BCUT2D eigenvalue weighted by atomic mass is 10.0. The van der Waals surface area contributed by atoms with E-state index < -0.39 is 0 Å². The van der Waals surface area contributed by atoms with Gasteiger partial charge >= 0.3 is 0 Å². The number of carbonyl (C=O) groups excluding carboxylic acids is 1. The molecule has 0 fully saturated rings. The van der Waals surface area contributed by atoms with E-state index in [0.29, 0.717) is 6.42 Å². The SMILES string of the molecule is CCCCCCCC(=O)c1c[nH]c2ccccc12. The van der Waals surface area contributed by atoms with E-state index in [4.69, 9.17) is 0 Å². The topological polar surface area (TPSA) is 32.9 Å². The van der Waals surface area contributed by atoms with Crippen molar-refractivity contribution in [2.24, 2.45) is 0 Å². The van der Waals surface area contributed by atoms with Crippen molar-refractivity contribution >= 4 is 16.7 Å². The highest BCUT2D eigenvalue weighted by Crippen LogP contribution is 2.20. The molecule has 0 saturated carbocycles. The van der Waals surface area contributed by atoms with E-state index in [1.54, 1.807) is 0 Å². The van der Waals surface area contributed by atoms with Gasteiger partial charge in [0.15, 0.2) is 5.78 Å². The first-order valence-electron chi connectivity index (χ1n) is 6.92. The first kappa shape index (κ1) is 12.9. The van der Waals surface area contributed by atoms with Crippen LogP contribution in [0.15, 0.2) is 30.5 Å². The van der Waals surface area contributed by atoms with Crippen LogP contribution in [0.5, 0.6) is 0 Å². The normalized spacial score (nSPS) is 10.9. The van der Waals surface area contributed by atoms with Crippen molar-refractivity contribution in [3.63, 3.8) is 0 Å². The van der Waals surface area contributed by atoms with Crippen LogP contribution in [0, 0.1) is 0 Å². The molecule has 0 amide bonds. The van der Waals surface area contributed by atoms with Gasteiger partial charge in [-0.2, -0.15) is 0 Å². The number of aromatic nitrogens is 1. The predicted octanol–water partition coefficient (Wildman–Crippen LogP) is 4.71. The summed E-state index contributed by atoms with van der Waals surface area (Å²) in [5.74, 6) is 0.268. The maximum Gasteiger partial charge on any atom is 0.165 e. The molecule has 0 aliphatic heterocycles. The molecule has 1 aromatic carbocycles. The van der Waals surface area contributed by atoms with Gasteiger partial charge in [0.2, 0.25) is 0 Å². The second-order valence-electron chi connectivity index (χ2n) is 4.84. The van der Waals surface area contributed by atoms with Gasteiger partial charge in [-0.25, -0.2) is 0 Å². The van der Waals surface area contributed by atoms with Crippen molar-refractivity contribution in [2.75, 3.05) is 0 Å². The Morgan fingerprint density at radius 1 is 1.11 bits per heavy atom. The molecule has 1 heterocycles. The maximum absolute atomic E-state index is 12.1. The van der Waals surface area contributed by atoms with Crippen molar-refractivity contribution in [3.05, 3.63) is 36.0 Å². The van der Waals surface area contributed by atoms with E-state index in [-0.39, 0.29) is 5.78 Å². The number of benzene rings is 1. The first-order valence-corrected chi connectivity index (χ1v) is 6.92. The summed E-state index contributed by atoms with van der Waals surface area (Å²) in [6.45, 7) is 2.21. The fourth-order valence-electron chi connectivity index (χ4n) is 2.33. The highest BCUT2D eigenvalue weighted by Gasteiger charge is 2.10. The zero-order chi connectivity index (χ0) is 12.8. The molecule has 0 bridgehead atoms. The summed E-state index contributed by atoms with van der Waals surface area (Å²) in [4.78, 5) is 15.3. The Balaban J connectivity index is 1.93. The summed E-state index contributed by atoms with van der Waals surface area (Å²) in [7, 11) is 0. The Morgan fingerprint density at radius 3 is 2.72 bits per heavy atom. The van der Waals surface area contributed by atoms with E-state index in [9.17, 15) is 4.79 Å². The zero-order valence-corrected chi connectivity index (χ0v) is 11.0. The predicted molar refractivity (Wildman–Crippen MR) is 76.0 cm³/mol. The highest BCUT2D eigenvalue weighted by molar-refractivity contribution is 6.07. The Bertz CT molecular complexity index is 513. The number of H-pyrrole nitrogens is 1. The van der Waals surface area contributed by atoms with E-state index in [0.717, 1.165) is 22.9 Å². The minimum atomic E-state index is 0.268. The molecule has 96 valence electrons. The van der Waals surface area contributed by atoms with Gasteiger partial charge in [0, 0.05) is 29.1 Å². The molecular weight excluding hydrogens is 222 g/mol. The van der Waals surface area contributed by atoms with Crippen LogP contribution < -0.4 is 0 Å². The standard InChI is InChI=1S/C16H21NO/c1-2-3-4-5-6-11-16(18)14-12-17-15-10-8-7-9-13(14)15/h7-10,12,17H,2-6,11H2,1H3. The van der Waals surface area contributed by atoms with Crippen LogP contribution >= 0.6 is 0 Å². The van der Waals surface area contributed by atoms with Gasteiger partial charge in [-0.1, -0.05) is 50.8 Å². The second kappa shape index (κ2) is 6.39. The fourth-order valence-corrected chi connectivity index (χ4v) is 2.33. The van der Waals surface area contributed by atoms with Crippen LogP contribution in [-0.2, 0) is 0 Å². The Morgan fingerprint density at radius 2 is 1.89 bits per heavy atom. The molecule has 0 saturated heterocycles. The van der Waals surface area contributed by atoms with Gasteiger partial charge < -0.3 is 4.98 Å². The van der Waals surface area contributed by atoms with Crippen molar-refractivity contribution in [2.45, 2.75) is 45.4 Å². The molecule has 18 heavy (non-hydrogen) atoms. The van der Waals surface area contributed by atoms with Crippen molar-refractivity contribution in [3.8, 4) is 0 Å². The lowest BCUT2D eigenvalue weighted by Crippen LogP contribution is -1.97. The molecule has 2 rings (SSSR count). The zero-order valence-electron chi connectivity index (χ0n) is 11.0. The molecule has 0 radical (unpaired) electrons. The molecule has 0 aliphatic rings. The number of fused-ring (bicyclic) bond motifs is 1. The number of hydrogen-bond donors (Lipinski definition) is 1. The maximum atomic E-state index is 12.1. The molecule has 2 heteroatoms. The van der Waals surface area contributed by atoms with Gasteiger partial charge in [0.25, 0.3) is 0 Å². The smallest absolute Gasteiger partial charge is 0.165 e. The van der Waals surface area contributed by atoms with Crippen LogP contribution in [0.4, 0.5) is 0 Å². The van der Waals surface area contributed by atoms with Crippen LogP contribution in [-0.4, -0.2) is 10.8 Å². The lowest BCUT2D eigenvalue weighted by Gasteiger charge is -2.00. The van der Waals surface area contributed by atoms with Crippen LogP contribution in [0.3, 0.4) is 0 Å². The molecule has 2 aromatic rings. The highest BCUT2D eigenvalue weighted by atomic mass is 16.1. The number of nitrogens with one attached hydrogen (secondary N) is 1. The van der Waals surface area contributed by atoms with Gasteiger partial charge in [-0.15, -0.1) is 0 Å². The second-order valence-corrected chi connectivity index (χ2v) is 4.84. The molecule has 0 aliphatic carbocycles. The average Bonchev–Trinajstić information content (AvgIpc) is 2.82. The number of unbranched alkanes of at least 4 members (excludes halogenated alkanes) is 4. The minimum absolute atomic E-state index is 0.268. The van der Waals surface area contributed by atoms with E-state index in [2.05, 4.69) is 11.9 Å². The Labute approximate surface area is 108 Å². The summed E-state index contributed by atoms with van der Waals surface area (Å²) in [6, 6.07) is 7.98. The fraction of sp³-hybridized carbons (Fsp3) is 0.438. The third-order valence-corrected chi connectivity index (χ3v) is 3.40. The van der Waals surface area contributed by atoms with Gasteiger partial charge in [-0.05, 0) is 12.5 Å². The number of hydrogen-bond acceptors (Lipinski definition) is 1. The average molecular weight is 243 g/mol. The Hall–Kier alpha value is -1.57. The van der Waals surface area contributed by atoms with Crippen LogP contribution in [0.1, 0.15) is 55.8 Å². The van der Waals surface area contributed by atoms with Crippen molar-refractivity contribution < 1.29 is 4.79 Å². The molecule has 0 unspecified atom stereocenters. The molecule has 2 nitrogen and oxygen atoms in total. The molecular formula is C16H21NO. The number of para-hydroxylation sites is 1. The van der Waals surface area contributed by atoms with Crippen LogP contribution in [0.25, 0.3) is 10.9 Å². The van der Waals surface area contributed by atoms with Crippen LogP contribution in [0.2, 0.25) is 0 Å². The summed E-state index contributed by atoms with van der Waals surface area (Å²) < 4.78 is 0.